The fourth-order valence-corrected chi connectivity index (χ4v) is 0.878. The van der Waals surface area contributed by atoms with E-state index < -0.39 is 23.3 Å². The number of hydrogen-bond donors (Lipinski definition) is 1. The van der Waals surface area contributed by atoms with Crippen molar-refractivity contribution in [3.8, 4) is 0 Å². The Morgan fingerprint density at radius 3 is 2.46 bits per heavy atom. The van der Waals surface area contributed by atoms with Gasteiger partial charge in [0.25, 0.3) is 5.91 Å². The molecule has 2 N–H and O–H groups in total. The molecule has 0 saturated carbocycles. The van der Waals surface area contributed by atoms with E-state index in [4.69, 9.17) is 5.73 Å². The largest absolute Gasteiger partial charge is 0.435 e. The highest BCUT2D eigenvalue weighted by Crippen LogP contribution is 2.30. The zero-order valence-electron chi connectivity index (χ0n) is 6.59. The van der Waals surface area contributed by atoms with Gasteiger partial charge in [-0.05, 0) is 0 Å². The highest BCUT2D eigenvalue weighted by molar-refractivity contribution is 5.93. The Bertz CT molecular complexity index is 341. The minimum absolute atomic E-state index is 0.616. The quantitative estimate of drug-likeness (QED) is 0.707. The van der Waals surface area contributed by atoms with E-state index in [2.05, 4.69) is 5.10 Å². The lowest BCUT2D eigenvalue weighted by Gasteiger charge is -2.02. The van der Waals surface area contributed by atoms with Gasteiger partial charge >= 0.3 is 6.18 Å². The highest BCUT2D eigenvalue weighted by atomic mass is 19.4. The Labute approximate surface area is 71.1 Å². The number of nitrogens with zero attached hydrogens (tertiary/aromatic N) is 2. The summed E-state index contributed by atoms with van der Waals surface area (Å²) in [7, 11) is 1.28. The van der Waals surface area contributed by atoms with Crippen LogP contribution in [0.15, 0.2) is 6.20 Å². The summed E-state index contributed by atoms with van der Waals surface area (Å²) >= 11 is 0. The van der Waals surface area contributed by atoms with Crippen LogP contribution in [0, 0.1) is 0 Å². The van der Waals surface area contributed by atoms with Crippen LogP contribution in [0.5, 0.6) is 0 Å². The molecule has 0 aromatic carbocycles. The van der Waals surface area contributed by atoms with Crippen molar-refractivity contribution >= 4 is 5.91 Å². The summed E-state index contributed by atoms with van der Waals surface area (Å²) < 4.78 is 37.3. The second-order valence-electron chi connectivity index (χ2n) is 2.43. The molecule has 4 nitrogen and oxygen atoms in total. The lowest BCUT2D eigenvalue weighted by atomic mass is 10.2. The number of rotatable bonds is 1. The summed E-state index contributed by atoms with van der Waals surface area (Å²) in [5.41, 5.74) is 2.87. The lowest BCUT2D eigenvalue weighted by Crippen LogP contribution is -2.17. The number of aryl methyl sites for hydroxylation is 1. The summed E-state index contributed by atoms with van der Waals surface area (Å²) in [6.07, 6.45) is -3.71. The molecule has 0 bridgehead atoms. The standard InChI is InChI=1S/C6H6F3N3O/c1-12-2-3(5(10)13)4(11-12)6(7,8)9/h2H,1H3,(H2,10,13). The average Bonchev–Trinajstić information content (AvgIpc) is 2.29. The maximum atomic E-state index is 12.1. The highest BCUT2D eigenvalue weighted by Gasteiger charge is 2.38. The number of primary amides is 1. The number of carbonyl (C=O) groups is 1. The molecule has 72 valence electrons. The Morgan fingerprint density at radius 1 is 1.62 bits per heavy atom. The number of hydrogen-bond acceptors (Lipinski definition) is 2. The van der Waals surface area contributed by atoms with Crippen LogP contribution in [0.1, 0.15) is 16.1 Å². The van der Waals surface area contributed by atoms with Crippen molar-refractivity contribution in [3.63, 3.8) is 0 Å². The summed E-state index contributed by atoms with van der Waals surface area (Å²) in [4.78, 5) is 10.6. The van der Waals surface area contributed by atoms with E-state index in [-0.39, 0.29) is 0 Å². The molecule has 0 spiro atoms. The van der Waals surface area contributed by atoms with Crippen LogP contribution in [0.4, 0.5) is 13.2 Å². The minimum Gasteiger partial charge on any atom is -0.365 e. The SMILES string of the molecule is Cn1cc(C(N)=O)c(C(F)(F)F)n1. The monoisotopic (exact) mass is 193 g/mol. The van der Waals surface area contributed by atoms with Crippen molar-refractivity contribution in [1.82, 2.24) is 9.78 Å². The van der Waals surface area contributed by atoms with E-state index in [9.17, 15) is 18.0 Å². The maximum Gasteiger partial charge on any atom is 0.435 e. The van der Waals surface area contributed by atoms with E-state index in [0.29, 0.717) is 0 Å². The average molecular weight is 193 g/mol. The van der Waals surface area contributed by atoms with Gasteiger partial charge in [0.2, 0.25) is 0 Å². The predicted octanol–water partition coefficient (Wildman–Crippen LogP) is 0.538. The first-order chi connectivity index (χ1) is 5.82. The zero-order chi connectivity index (χ0) is 10.2. The minimum atomic E-state index is -4.65. The summed E-state index contributed by atoms with van der Waals surface area (Å²) in [6, 6.07) is 0. The molecule has 0 saturated heterocycles. The fraction of sp³-hybridized carbons (Fsp3) is 0.333. The molecule has 1 aromatic heterocycles. The van der Waals surface area contributed by atoms with Gasteiger partial charge in [-0.1, -0.05) is 0 Å². The number of aromatic nitrogens is 2. The van der Waals surface area contributed by atoms with Crippen molar-refractivity contribution in [2.75, 3.05) is 0 Å². The molecule has 1 amide bonds. The molecule has 0 radical (unpaired) electrons. The number of amides is 1. The van der Waals surface area contributed by atoms with Gasteiger partial charge in [0.05, 0.1) is 5.56 Å². The van der Waals surface area contributed by atoms with Crippen molar-refractivity contribution < 1.29 is 18.0 Å². The smallest absolute Gasteiger partial charge is 0.365 e. The van der Waals surface area contributed by atoms with E-state index in [1.165, 1.54) is 7.05 Å². The number of alkyl halides is 3. The molecule has 0 aliphatic rings. The van der Waals surface area contributed by atoms with Crippen molar-refractivity contribution in [1.29, 1.82) is 0 Å². The first-order valence-electron chi connectivity index (χ1n) is 3.23. The third-order valence-corrected chi connectivity index (χ3v) is 1.36. The van der Waals surface area contributed by atoms with Gasteiger partial charge in [-0.15, -0.1) is 0 Å². The number of nitrogens with two attached hydrogens (primary N) is 1. The zero-order valence-corrected chi connectivity index (χ0v) is 6.59. The van der Waals surface area contributed by atoms with Crippen LogP contribution in [-0.4, -0.2) is 15.7 Å². The number of carbonyl (C=O) groups excluding carboxylic acids is 1. The molecule has 1 heterocycles. The van der Waals surface area contributed by atoms with Crippen LogP contribution < -0.4 is 5.73 Å². The van der Waals surface area contributed by atoms with Gasteiger partial charge in [0.1, 0.15) is 0 Å². The Morgan fingerprint density at radius 2 is 2.15 bits per heavy atom. The summed E-state index contributed by atoms with van der Waals surface area (Å²) in [5.74, 6) is -1.14. The van der Waals surface area contributed by atoms with Crippen LogP contribution >= 0.6 is 0 Å². The molecule has 0 aliphatic heterocycles. The van der Waals surface area contributed by atoms with E-state index in [1.54, 1.807) is 0 Å². The molecule has 0 fully saturated rings. The van der Waals surface area contributed by atoms with Crippen LogP contribution in [0.2, 0.25) is 0 Å². The van der Waals surface area contributed by atoms with E-state index in [1.807, 2.05) is 0 Å². The van der Waals surface area contributed by atoms with E-state index >= 15 is 0 Å². The van der Waals surface area contributed by atoms with Crippen LogP contribution in [0.3, 0.4) is 0 Å². The molecule has 1 rings (SSSR count). The van der Waals surface area contributed by atoms with Gasteiger partial charge in [-0.3, -0.25) is 9.48 Å². The molecule has 0 unspecified atom stereocenters. The molecule has 13 heavy (non-hydrogen) atoms. The van der Waals surface area contributed by atoms with Crippen LogP contribution in [-0.2, 0) is 13.2 Å². The fourth-order valence-electron chi connectivity index (χ4n) is 0.878. The predicted molar refractivity (Wildman–Crippen MR) is 36.7 cm³/mol. The Balaban J connectivity index is 3.28. The van der Waals surface area contributed by atoms with E-state index in [0.717, 1.165) is 10.9 Å². The first-order valence-corrected chi connectivity index (χ1v) is 3.23. The first kappa shape index (κ1) is 9.56. The third kappa shape index (κ3) is 1.79. The Kier molecular flexibility index (Phi) is 2.02. The molecule has 0 atom stereocenters. The molecule has 0 aliphatic carbocycles. The Hall–Kier alpha value is -1.53. The second-order valence-corrected chi connectivity index (χ2v) is 2.43. The summed E-state index contributed by atoms with van der Waals surface area (Å²) in [5, 5.41) is 3.09. The van der Waals surface area contributed by atoms with Gasteiger partial charge in [0.15, 0.2) is 5.69 Å². The third-order valence-electron chi connectivity index (χ3n) is 1.36. The second kappa shape index (κ2) is 2.75. The molecular formula is C6H6F3N3O. The van der Waals surface area contributed by atoms with Crippen molar-refractivity contribution in [2.45, 2.75) is 6.18 Å². The van der Waals surface area contributed by atoms with Gasteiger partial charge in [0, 0.05) is 13.2 Å². The normalized spacial score (nSPS) is 11.7. The summed E-state index contributed by atoms with van der Waals surface area (Å²) in [6.45, 7) is 0. The van der Waals surface area contributed by atoms with Crippen molar-refractivity contribution in [3.05, 3.63) is 17.5 Å². The van der Waals surface area contributed by atoms with Crippen LogP contribution in [0.25, 0.3) is 0 Å². The lowest BCUT2D eigenvalue weighted by molar-refractivity contribution is -0.141. The molecule has 7 heteroatoms. The van der Waals surface area contributed by atoms with Gasteiger partial charge in [-0.25, -0.2) is 0 Å². The number of halogens is 3. The maximum absolute atomic E-state index is 12.1. The molecular weight excluding hydrogens is 187 g/mol. The van der Waals surface area contributed by atoms with Crippen molar-refractivity contribution in [2.24, 2.45) is 12.8 Å². The molecule has 1 aromatic rings. The topological polar surface area (TPSA) is 60.9 Å². The van der Waals surface area contributed by atoms with Gasteiger partial charge in [-0.2, -0.15) is 18.3 Å². The van der Waals surface area contributed by atoms with Gasteiger partial charge < -0.3 is 5.73 Å².